The zero-order valence-corrected chi connectivity index (χ0v) is 17.6. The Morgan fingerprint density at radius 3 is 2.12 bits per heavy atom. The molecule has 0 amide bonds. The van der Waals surface area contributed by atoms with Crippen molar-refractivity contribution in [2.45, 2.75) is 74.7 Å². The topological polar surface area (TPSA) is 0 Å². The molecule has 138 valence electrons. The molecule has 0 saturated heterocycles. The second kappa shape index (κ2) is 9.61. The van der Waals surface area contributed by atoms with Gasteiger partial charge in [0.25, 0.3) is 0 Å². The van der Waals surface area contributed by atoms with Gasteiger partial charge in [-0.2, -0.15) is 0 Å². The fraction of sp³-hybridized carbons (Fsp3) is 0.440. The van der Waals surface area contributed by atoms with Gasteiger partial charge in [-0.05, 0) is 90.1 Å². The van der Waals surface area contributed by atoms with Gasteiger partial charge < -0.3 is 0 Å². The van der Waals surface area contributed by atoms with E-state index in [1.54, 1.807) is 5.56 Å². The van der Waals surface area contributed by atoms with Crippen LogP contribution in [-0.4, -0.2) is 0 Å². The van der Waals surface area contributed by atoms with Crippen LogP contribution < -0.4 is 0 Å². The average Bonchev–Trinajstić information content (AvgIpc) is 2.68. The molecule has 0 nitrogen and oxygen atoms in total. The predicted octanol–water partition coefficient (Wildman–Crippen LogP) is 7.88. The highest BCUT2D eigenvalue weighted by atomic mass is 14.3. The van der Waals surface area contributed by atoms with Gasteiger partial charge in [0.1, 0.15) is 0 Å². The number of fused-ring (bicyclic) bond motifs is 3. The largest absolute Gasteiger partial charge is 0.0984 e. The van der Waals surface area contributed by atoms with Crippen molar-refractivity contribution in [3.63, 3.8) is 0 Å². The summed E-state index contributed by atoms with van der Waals surface area (Å²) in [5, 5.41) is 0. The maximum atomic E-state index is 4.04. The van der Waals surface area contributed by atoms with Gasteiger partial charge in [-0.25, -0.2) is 0 Å². The van der Waals surface area contributed by atoms with Crippen molar-refractivity contribution in [2.75, 3.05) is 0 Å². The van der Waals surface area contributed by atoms with E-state index in [4.69, 9.17) is 0 Å². The molecule has 0 radical (unpaired) electrons. The van der Waals surface area contributed by atoms with E-state index in [1.165, 1.54) is 57.3 Å². The molecule has 1 aliphatic carbocycles. The minimum Gasteiger partial charge on any atom is -0.0984 e. The molecule has 0 fully saturated rings. The molecule has 0 unspecified atom stereocenters. The van der Waals surface area contributed by atoms with Crippen LogP contribution in [0.4, 0.5) is 0 Å². The summed E-state index contributed by atoms with van der Waals surface area (Å²) >= 11 is 0. The van der Waals surface area contributed by atoms with Crippen LogP contribution in [0, 0.1) is 20.8 Å². The van der Waals surface area contributed by atoms with E-state index in [9.17, 15) is 0 Å². The first-order chi connectivity index (χ1) is 12.1. The molecule has 0 atom stereocenters. The monoisotopic (exact) mass is 338 g/mol. The van der Waals surface area contributed by atoms with Crippen molar-refractivity contribution in [3.8, 4) is 11.1 Å². The molecule has 0 aromatic heterocycles. The molecular weight excluding hydrogens is 300 g/mol. The number of hydrogen-bond acceptors (Lipinski definition) is 0. The maximum absolute atomic E-state index is 4.04. The van der Waals surface area contributed by atoms with Crippen LogP contribution in [-0.2, 0) is 19.3 Å². The third-order valence-electron chi connectivity index (χ3n) is 5.22. The normalized spacial score (nSPS) is 11.2. The number of rotatable bonds is 2. The number of benzene rings is 2. The SMILES string of the molecule is C=Cc1c(C)c(C)c2c(c1C)-c1c(CC)cccc1CC2.CC.CC.[HH]. The van der Waals surface area contributed by atoms with Crippen LogP contribution in [0.2, 0.25) is 0 Å². The molecule has 25 heavy (non-hydrogen) atoms. The Hall–Kier alpha value is -1.82. The molecule has 0 spiro atoms. The lowest BCUT2D eigenvalue weighted by atomic mass is 9.76. The summed E-state index contributed by atoms with van der Waals surface area (Å²) in [6.07, 6.45) is 5.46. The molecule has 2 aromatic rings. The van der Waals surface area contributed by atoms with Crippen molar-refractivity contribution in [2.24, 2.45) is 0 Å². The third-order valence-corrected chi connectivity index (χ3v) is 5.22. The second-order valence-electron chi connectivity index (χ2n) is 6.15. The van der Waals surface area contributed by atoms with Crippen LogP contribution in [0.3, 0.4) is 0 Å². The highest BCUT2D eigenvalue weighted by Gasteiger charge is 2.24. The van der Waals surface area contributed by atoms with Crippen LogP contribution in [0.25, 0.3) is 17.2 Å². The lowest BCUT2D eigenvalue weighted by molar-refractivity contribution is 0.915. The Balaban J connectivity index is 0.00000117. The van der Waals surface area contributed by atoms with E-state index in [2.05, 4.69) is 52.5 Å². The molecule has 1 aliphatic rings. The number of hydrogen-bond donors (Lipinski definition) is 0. The van der Waals surface area contributed by atoms with Gasteiger partial charge in [-0.3, -0.25) is 0 Å². The highest BCUT2D eigenvalue weighted by molar-refractivity contribution is 5.83. The van der Waals surface area contributed by atoms with Crippen molar-refractivity contribution < 1.29 is 1.43 Å². The standard InChI is InChI=1S/C21H24.2C2H6.H2/c1-6-16-9-8-10-17-11-12-19-14(4)13(3)18(7-2)15(5)20(19)21(16)17;2*1-2;/h7-10H,2,6,11-12H2,1,3-5H3;2*1-2H3;1H. The summed E-state index contributed by atoms with van der Waals surface area (Å²) < 4.78 is 0. The highest BCUT2D eigenvalue weighted by Crippen LogP contribution is 2.42. The van der Waals surface area contributed by atoms with Crippen LogP contribution in [0.1, 0.15) is 75.0 Å². The van der Waals surface area contributed by atoms with E-state index in [-0.39, 0.29) is 1.43 Å². The first kappa shape index (κ1) is 21.2. The van der Waals surface area contributed by atoms with Crippen molar-refractivity contribution in [1.82, 2.24) is 0 Å². The molecule has 0 heteroatoms. The van der Waals surface area contributed by atoms with Crippen LogP contribution in [0.5, 0.6) is 0 Å². The van der Waals surface area contributed by atoms with Crippen LogP contribution in [0.15, 0.2) is 24.8 Å². The minimum atomic E-state index is 0. The Labute approximate surface area is 157 Å². The summed E-state index contributed by atoms with van der Waals surface area (Å²) in [6, 6.07) is 6.81. The molecule has 0 N–H and O–H groups in total. The van der Waals surface area contributed by atoms with Crippen LogP contribution >= 0.6 is 0 Å². The van der Waals surface area contributed by atoms with Gasteiger partial charge >= 0.3 is 0 Å². The van der Waals surface area contributed by atoms with E-state index in [1.807, 2.05) is 33.8 Å². The fourth-order valence-corrected chi connectivity index (χ4v) is 3.95. The Morgan fingerprint density at radius 1 is 0.920 bits per heavy atom. The molecule has 2 aromatic carbocycles. The van der Waals surface area contributed by atoms with E-state index in [0.29, 0.717) is 0 Å². The third kappa shape index (κ3) is 3.73. The molecule has 0 saturated carbocycles. The Bertz CT molecular complexity index is 724. The molecule has 3 rings (SSSR count). The molecule has 0 bridgehead atoms. The molecular formula is C25H38. The van der Waals surface area contributed by atoms with Crippen molar-refractivity contribution in [1.29, 1.82) is 0 Å². The summed E-state index contributed by atoms with van der Waals surface area (Å²) in [7, 11) is 0. The van der Waals surface area contributed by atoms with E-state index in [0.717, 1.165) is 6.42 Å². The average molecular weight is 339 g/mol. The smallest absolute Gasteiger partial charge is 0 e. The zero-order chi connectivity index (χ0) is 19.1. The van der Waals surface area contributed by atoms with Gasteiger partial charge in [-0.1, -0.05) is 65.5 Å². The molecule has 0 heterocycles. The first-order valence-electron chi connectivity index (χ1n) is 9.96. The fourth-order valence-electron chi connectivity index (χ4n) is 3.95. The van der Waals surface area contributed by atoms with E-state index >= 15 is 0 Å². The van der Waals surface area contributed by atoms with Gasteiger partial charge in [0.15, 0.2) is 0 Å². The summed E-state index contributed by atoms with van der Waals surface area (Å²) in [5.74, 6) is 0. The lowest BCUT2D eigenvalue weighted by Gasteiger charge is -2.28. The summed E-state index contributed by atoms with van der Waals surface area (Å²) in [6.45, 7) is 21.1. The van der Waals surface area contributed by atoms with Crippen molar-refractivity contribution >= 4 is 6.08 Å². The van der Waals surface area contributed by atoms with Gasteiger partial charge in [-0.15, -0.1) is 0 Å². The second-order valence-corrected chi connectivity index (χ2v) is 6.15. The van der Waals surface area contributed by atoms with Gasteiger partial charge in [0.05, 0.1) is 0 Å². The van der Waals surface area contributed by atoms with Gasteiger partial charge in [0, 0.05) is 1.43 Å². The quantitative estimate of drug-likeness (QED) is 0.522. The molecule has 0 aliphatic heterocycles. The lowest BCUT2D eigenvalue weighted by Crippen LogP contribution is -2.12. The van der Waals surface area contributed by atoms with E-state index < -0.39 is 0 Å². The summed E-state index contributed by atoms with van der Waals surface area (Å²) in [5.41, 5.74) is 13.1. The minimum absolute atomic E-state index is 0. The van der Waals surface area contributed by atoms with Crippen molar-refractivity contribution in [3.05, 3.63) is 63.7 Å². The van der Waals surface area contributed by atoms with Gasteiger partial charge in [0.2, 0.25) is 0 Å². The summed E-state index contributed by atoms with van der Waals surface area (Å²) in [4.78, 5) is 0. The maximum Gasteiger partial charge on any atom is 0 e. The first-order valence-corrected chi connectivity index (χ1v) is 9.96. The Morgan fingerprint density at radius 2 is 1.56 bits per heavy atom. The Kier molecular flexibility index (Phi) is 8.16. The predicted molar refractivity (Wildman–Crippen MR) is 118 cm³/mol. The zero-order valence-electron chi connectivity index (χ0n) is 17.6. The number of aryl methyl sites for hydroxylation is 2.